The zero-order chi connectivity index (χ0) is 13.3. The fraction of sp³-hybridized carbons (Fsp3) is 0.308. The molecule has 0 saturated carbocycles. The fourth-order valence-corrected chi connectivity index (χ4v) is 1.97. The van der Waals surface area contributed by atoms with Crippen LogP contribution >= 0.6 is 0 Å². The van der Waals surface area contributed by atoms with Crippen LogP contribution in [0.3, 0.4) is 0 Å². The highest BCUT2D eigenvalue weighted by atomic mass is 16.6. The second kappa shape index (κ2) is 4.60. The quantitative estimate of drug-likeness (QED) is 0.745. The van der Waals surface area contributed by atoms with Crippen molar-refractivity contribution in [2.45, 2.75) is 26.5 Å². The van der Waals surface area contributed by atoms with Gasteiger partial charge in [0.05, 0.1) is 0 Å². The van der Waals surface area contributed by atoms with Crippen LogP contribution in [0.2, 0.25) is 0 Å². The lowest BCUT2D eigenvalue weighted by Crippen LogP contribution is -2.35. The third-order valence-electron chi connectivity index (χ3n) is 2.76. The average Bonchev–Trinajstić information content (AvgIpc) is 2.62. The number of rotatable bonds is 2. The molecular formula is C13H13NO4. The molecule has 1 aromatic carbocycles. The van der Waals surface area contributed by atoms with Crippen molar-refractivity contribution in [1.29, 1.82) is 0 Å². The van der Waals surface area contributed by atoms with E-state index in [9.17, 15) is 14.4 Å². The molecule has 0 saturated heterocycles. The summed E-state index contributed by atoms with van der Waals surface area (Å²) in [6, 6.07) is 6.75. The first kappa shape index (κ1) is 12.3. The molecule has 1 atom stereocenters. The molecule has 5 nitrogen and oxygen atoms in total. The number of imide groups is 1. The minimum atomic E-state index is -0.932. The number of carbonyl (C=O) groups excluding carboxylic acids is 3. The number of hydrogen-bond acceptors (Lipinski definition) is 4. The molecule has 0 spiro atoms. The van der Waals surface area contributed by atoms with Gasteiger partial charge in [0.1, 0.15) is 0 Å². The van der Waals surface area contributed by atoms with E-state index < -0.39 is 18.1 Å². The fourth-order valence-electron chi connectivity index (χ4n) is 1.97. The van der Waals surface area contributed by atoms with Crippen LogP contribution in [-0.2, 0) is 14.3 Å². The highest BCUT2D eigenvalue weighted by molar-refractivity contribution is 6.08. The molecule has 18 heavy (non-hydrogen) atoms. The number of benzene rings is 1. The van der Waals surface area contributed by atoms with E-state index in [1.54, 1.807) is 31.2 Å². The summed E-state index contributed by atoms with van der Waals surface area (Å²) in [7, 11) is 0. The molecule has 0 aliphatic carbocycles. The van der Waals surface area contributed by atoms with Gasteiger partial charge in [0.25, 0.3) is 5.91 Å². The summed E-state index contributed by atoms with van der Waals surface area (Å²) < 4.78 is 5.09. The van der Waals surface area contributed by atoms with Crippen LogP contribution in [0.25, 0.3) is 0 Å². The van der Waals surface area contributed by atoms with E-state index in [1.165, 1.54) is 6.92 Å². The molecule has 94 valence electrons. The van der Waals surface area contributed by atoms with Crippen LogP contribution < -0.4 is 0 Å². The van der Waals surface area contributed by atoms with Crippen molar-refractivity contribution >= 4 is 17.8 Å². The van der Waals surface area contributed by atoms with E-state index in [0.717, 1.165) is 4.90 Å². The minimum absolute atomic E-state index is 0.178. The van der Waals surface area contributed by atoms with E-state index in [1.807, 2.05) is 0 Å². The van der Waals surface area contributed by atoms with Crippen molar-refractivity contribution in [3.8, 4) is 0 Å². The number of hydrogen-bond donors (Lipinski definition) is 0. The summed E-state index contributed by atoms with van der Waals surface area (Å²) >= 11 is 0. The van der Waals surface area contributed by atoms with Crippen molar-refractivity contribution in [3.05, 3.63) is 35.4 Å². The maximum atomic E-state index is 12.1. The maximum absolute atomic E-state index is 12.1. The Morgan fingerprint density at radius 2 is 2.00 bits per heavy atom. The summed E-state index contributed by atoms with van der Waals surface area (Å²) in [4.78, 5) is 36.0. The van der Waals surface area contributed by atoms with Crippen LogP contribution in [0.5, 0.6) is 0 Å². The first-order chi connectivity index (χ1) is 8.56. The van der Waals surface area contributed by atoms with E-state index in [4.69, 9.17) is 4.74 Å². The van der Waals surface area contributed by atoms with Gasteiger partial charge in [-0.05, 0) is 6.07 Å². The van der Waals surface area contributed by atoms with E-state index in [2.05, 4.69) is 0 Å². The van der Waals surface area contributed by atoms with Crippen molar-refractivity contribution < 1.29 is 19.1 Å². The Morgan fingerprint density at radius 1 is 1.33 bits per heavy atom. The summed E-state index contributed by atoms with van der Waals surface area (Å²) in [6.45, 7) is 2.91. The van der Waals surface area contributed by atoms with Gasteiger partial charge in [-0.2, -0.15) is 0 Å². The van der Waals surface area contributed by atoms with Crippen LogP contribution in [0.1, 0.15) is 42.4 Å². The highest BCUT2D eigenvalue weighted by Crippen LogP contribution is 2.34. The topological polar surface area (TPSA) is 63.7 Å². The molecule has 0 radical (unpaired) electrons. The molecule has 1 unspecified atom stereocenters. The third-order valence-corrected chi connectivity index (χ3v) is 2.76. The van der Waals surface area contributed by atoms with E-state index in [-0.39, 0.29) is 12.3 Å². The van der Waals surface area contributed by atoms with Gasteiger partial charge in [-0.25, -0.2) is 4.90 Å². The van der Waals surface area contributed by atoms with Gasteiger partial charge < -0.3 is 4.74 Å². The molecular weight excluding hydrogens is 234 g/mol. The molecule has 0 fully saturated rings. The minimum Gasteiger partial charge on any atom is -0.437 e. The van der Waals surface area contributed by atoms with Gasteiger partial charge in [0, 0.05) is 24.5 Å². The predicted molar refractivity (Wildman–Crippen MR) is 62.4 cm³/mol. The van der Waals surface area contributed by atoms with Crippen LogP contribution in [0.4, 0.5) is 0 Å². The van der Waals surface area contributed by atoms with Crippen molar-refractivity contribution in [2.75, 3.05) is 0 Å². The van der Waals surface area contributed by atoms with Gasteiger partial charge in [-0.3, -0.25) is 14.4 Å². The Morgan fingerprint density at radius 3 is 2.61 bits per heavy atom. The molecule has 1 aliphatic heterocycles. The Hall–Kier alpha value is -2.17. The maximum Gasteiger partial charge on any atom is 0.304 e. The lowest BCUT2D eigenvalue weighted by atomic mass is 10.1. The number of esters is 1. The first-order valence-electron chi connectivity index (χ1n) is 5.68. The van der Waals surface area contributed by atoms with Crippen molar-refractivity contribution in [3.63, 3.8) is 0 Å². The summed E-state index contributed by atoms with van der Waals surface area (Å²) in [6.07, 6.45) is -0.754. The Labute approximate surface area is 104 Å². The molecule has 2 amide bonds. The zero-order valence-electron chi connectivity index (χ0n) is 10.2. The standard InChI is InChI=1S/C13H13NO4/c1-3-11(16)14-12(17)9-6-4-5-7-10(9)13(14)18-8(2)15/h4-7,13H,3H2,1-2H3. The molecule has 1 heterocycles. The number of amides is 2. The Kier molecular flexibility index (Phi) is 3.14. The number of carbonyl (C=O) groups is 3. The van der Waals surface area contributed by atoms with Crippen molar-refractivity contribution in [1.82, 2.24) is 4.90 Å². The molecule has 0 bridgehead atoms. The zero-order valence-corrected chi connectivity index (χ0v) is 10.2. The van der Waals surface area contributed by atoms with Gasteiger partial charge in [-0.1, -0.05) is 25.1 Å². The Bertz CT molecular complexity index is 523. The molecule has 1 aliphatic rings. The lowest BCUT2D eigenvalue weighted by Gasteiger charge is -2.22. The monoisotopic (exact) mass is 247 g/mol. The lowest BCUT2D eigenvalue weighted by molar-refractivity contribution is -0.158. The van der Waals surface area contributed by atoms with Gasteiger partial charge in [-0.15, -0.1) is 0 Å². The second-order valence-corrected chi connectivity index (χ2v) is 3.97. The largest absolute Gasteiger partial charge is 0.437 e. The predicted octanol–water partition coefficient (Wildman–Crippen LogP) is 1.64. The van der Waals surface area contributed by atoms with E-state index >= 15 is 0 Å². The summed E-state index contributed by atoms with van der Waals surface area (Å²) in [5, 5.41) is 0. The van der Waals surface area contributed by atoms with Gasteiger partial charge in [0.15, 0.2) is 0 Å². The molecule has 1 aromatic rings. The number of nitrogens with zero attached hydrogens (tertiary/aromatic N) is 1. The normalized spacial score (nSPS) is 17.6. The van der Waals surface area contributed by atoms with Gasteiger partial charge >= 0.3 is 5.97 Å². The number of ether oxygens (including phenoxy) is 1. The van der Waals surface area contributed by atoms with Crippen molar-refractivity contribution in [2.24, 2.45) is 0 Å². The molecule has 2 rings (SSSR count). The van der Waals surface area contributed by atoms with E-state index in [0.29, 0.717) is 11.1 Å². The second-order valence-electron chi connectivity index (χ2n) is 3.97. The Balaban J connectivity index is 2.46. The third kappa shape index (κ3) is 1.88. The van der Waals surface area contributed by atoms with Crippen LogP contribution in [0, 0.1) is 0 Å². The average molecular weight is 247 g/mol. The summed E-state index contributed by atoms with van der Waals surface area (Å²) in [5.74, 6) is -1.30. The summed E-state index contributed by atoms with van der Waals surface area (Å²) in [5.41, 5.74) is 0.963. The SMILES string of the molecule is CCC(=O)N1C(=O)c2ccccc2C1OC(C)=O. The highest BCUT2D eigenvalue weighted by Gasteiger charge is 2.41. The molecule has 0 aromatic heterocycles. The molecule has 5 heteroatoms. The van der Waals surface area contributed by atoms with Crippen LogP contribution in [0.15, 0.2) is 24.3 Å². The number of fused-ring (bicyclic) bond motifs is 1. The molecule has 0 N–H and O–H groups in total. The first-order valence-corrected chi connectivity index (χ1v) is 5.68. The van der Waals surface area contributed by atoms with Gasteiger partial charge in [0.2, 0.25) is 12.1 Å². The smallest absolute Gasteiger partial charge is 0.304 e. The van der Waals surface area contributed by atoms with Crippen LogP contribution in [-0.4, -0.2) is 22.7 Å².